The summed E-state index contributed by atoms with van der Waals surface area (Å²) in [6, 6.07) is 0.566. The van der Waals surface area contributed by atoms with Crippen molar-refractivity contribution in [3.63, 3.8) is 0 Å². The SMILES string of the molecule is CC(C)OCCN=C(NN)NC1CC1. The van der Waals surface area contributed by atoms with Gasteiger partial charge < -0.3 is 10.1 Å². The van der Waals surface area contributed by atoms with Crippen molar-refractivity contribution in [3.8, 4) is 0 Å². The maximum atomic E-state index is 5.35. The zero-order valence-corrected chi connectivity index (χ0v) is 8.92. The molecule has 1 saturated carbocycles. The first-order chi connectivity index (χ1) is 6.72. The van der Waals surface area contributed by atoms with Crippen LogP contribution in [0.5, 0.6) is 0 Å². The predicted octanol–water partition coefficient (Wildman–Crippen LogP) is -0.0173. The van der Waals surface area contributed by atoms with Crippen LogP contribution in [-0.4, -0.2) is 31.3 Å². The zero-order valence-electron chi connectivity index (χ0n) is 8.92. The van der Waals surface area contributed by atoms with Crippen LogP contribution in [0.25, 0.3) is 0 Å². The van der Waals surface area contributed by atoms with E-state index < -0.39 is 0 Å². The van der Waals surface area contributed by atoms with Crippen molar-refractivity contribution in [1.82, 2.24) is 10.7 Å². The summed E-state index contributed by atoms with van der Waals surface area (Å²) >= 11 is 0. The third-order valence-corrected chi connectivity index (χ3v) is 1.87. The molecule has 0 amide bonds. The minimum absolute atomic E-state index is 0.260. The summed E-state index contributed by atoms with van der Waals surface area (Å²) in [4.78, 5) is 4.24. The number of aliphatic imine (C=N–C) groups is 1. The molecule has 0 unspecified atom stereocenters. The van der Waals surface area contributed by atoms with Crippen LogP contribution in [0.1, 0.15) is 26.7 Å². The van der Waals surface area contributed by atoms with Crippen LogP contribution in [-0.2, 0) is 4.74 Å². The Morgan fingerprint density at radius 3 is 2.79 bits per heavy atom. The molecule has 1 aliphatic carbocycles. The van der Waals surface area contributed by atoms with Gasteiger partial charge >= 0.3 is 0 Å². The van der Waals surface area contributed by atoms with Gasteiger partial charge in [0.1, 0.15) is 0 Å². The quantitative estimate of drug-likeness (QED) is 0.192. The van der Waals surface area contributed by atoms with Crippen LogP contribution in [0.15, 0.2) is 4.99 Å². The number of guanidine groups is 1. The molecule has 0 atom stereocenters. The third kappa shape index (κ3) is 5.04. The van der Waals surface area contributed by atoms with Crippen molar-refractivity contribution in [2.75, 3.05) is 13.2 Å². The van der Waals surface area contributed by atoms with Crippen molar-refractivity contribution in [2.24, 2.45) is 10.8 Å². The number of ether oxygens (including phenoxy) is 1. The Kier molecular flexibility index (Phi) is 4.69. The number of rotatable bonds is 5. The fourth-order valence-corrected chi connectivity index (χ4v) is 1.000. The summed E-state index contributed by atoms with van der Waals surface area (Å²) in [5, 5.41) is 3.19. The number of hydrazine groups is 1. The number of nitrogens with zero attached hydrogens (tertiary/aromatic N) is 1. The van der Waals surface area contributed by atoms with Crippen molar-refractivity contribution in [3.05, 3.63) is 0 Å². The Morgan fingerprint density at radius 2 is 2.29 bits per heavy atom. The lowest BCUT2D eigenvalue weighted by atomic mass is 10.5. The maximum absolute atomic E-state index is 5.35. The molecule has 0 saturated heterocycles. The zero-order chi connectivity index (χ0) is 10.4. The minimum Gasteiger partial charge on any atom is -0.377 e. The minimum atomic E-state index is 0.260. The lowest BCUT2D eigenvalue weighted by Crippen LogP contribution is -2.42. The van der Waals surface area contributed by atoms with E-state index in [0.717, 1.165) is 0 Å². The molecule has 0 aliphatic heterocycles. The van der Waals surface area contributed by atoms with Crippen LogP contribution in [0, 0.1) is 0 Å². The second-order valence-electron chi connectivity index (χ2n) is 3.71. The van der Waals surface area contributed by atoms with Gasteiger partial charge in [0.15, 0.2) is 0 Å². The highest BCUT2D eigenvalue weighted by Gasteiger charge is 2.21. The van der Waals surface area contributed by atoms with Crippen LogP contribution in [0.4, 0.5) is 0 Å². The summed E-state index contributed by atoms with van der Waals surface area (Å²) < 4.78 is 5.35. The molecule has 82 valence electrons. The second kappa shape index (κ2) is 5.82. The van der Waals surface area contributed by atoms with E-state index in [9.17, 15) is 0 Å². The molecule has 0 aromatic heterocycles. The fraction of sp³-hybridized carbons (Fsp3) is 0.889. The highest BCUT2D eigenvalue weighted by Crippen LogP contribution is 2.18. The standard InChI is InChI=1S/C9H20N4O/c1-7(2)14-6-5-11-9(13-10)12-8-3-4-8/h7-8H,3-6,10H2,1-2H3,(H2,11,12,13). The molecule has 1 fully saturated rings. The first-order valence-corrected chi connectivity index (χ1v) is 5.11. The topological polar surface area (TPSA) is 71.7 Å². The molecule has 5 heteroatoms. The molecule has 4 N–H and O–H groups in total. The molecule has 0 radical (unpaired) electrons. The van der Waals surface area contributed by atoms with Crippen molar-refractivity contribution in [1.29, 1.82) is 0 Å². The molecule has 5 nitrogen and oxygen atoms in total. The van der Waals surface area contributed by atoms with E-state index in [1.54, 1.807) is 0 Å². The Labute approximate surface area is 85.1 Å². The van der Waals surface area contributed by atoms with Crippen LogP contribution >= 0.6 is 0 Å². The average molecular weight is 200 g/mol. The van der Waals surface area contributed by atoms with Gasteiger partial charge in [-0.2, -0.15) is 0 Å². The summed E-state index contributed by atoms with van der Waals surface area (Å²) in [5.74, 6) is 5.97. The first kappa shape index (κ1) is 11.3. The van der Waals surface area contributed by atoms with E-state index >= 15 is 0 Å². The summed E-state index contributed by atoms with van der Waals surface area (Å²) in [7, 11) is 0. The predicted molar refractivity (Wildman–Crippen MR) is 56.9 cm³/mol. The van der Waals surface area contributed by atoms with Gasteiger partial charge in [-0.15, -0.1) is 0 Å². The fourth-order valence-electron chi connectivity index (χ4n) is 1.000. The highest BCUT2D eigenvalue weighted by atomic mass is 16.5. The van der Waals surface area contributed by atoms with E-state index in [4.69, 9.17) is 10.6 Å². The normalized spacial score (nSPS) is 17.3. The lowest BCUT2D eigenvalue weighted by molar-refractivity contribution is 0.0853. The maximum Gasteiger partial charge on any atom is 0.206 e. The lowest BCUT2D eigenvalue weighted by Gasteiger charge is -2.08. The van der Waals surface area contributed by atoms with E-state index in [1.165, 1.54) is 12.8 Å². The molecular formula is C9H20N4O. The molecule has 1 aliphatic rings. The van der Waals surface area contributed by atoms with Gasteiger partial charge in [-0.3, -0.25) is 5.43 Å². The van der Waals surface area contributed by atoms with Crippen LogP contribution < -0.4 is 16.6 Å². The molecule has 1 rings (SSSR count). The Bertz CT molecular complexity index is 189. The van der Waals surface area contributed by atoms with Gasteiger partial charge in [-0.05, 0) is 26.7 Å². The van der Waals surface area contributed by atoms with Crippen molar-refractivity contribution in [2.45, 2.75) is 38.8 Å². The van der Waals surface area contributed by atoms with Gasteiger partial charge in [0.05, 0.1) is 19.3 Å². The molecule has 0 spiro atoms. The van der Waals surface area contributed by atoms with E-state index in [-0.39, 0.29) is 6.10 Å². The van der Waals surface area contributed by atoms with Crippen molar-refractivity contribution >= 4 is 5.96 Å². The molecule has 0 aromatic carbocycles. The van der Waals surface area contributed by atoms with E-state index in [2.05, 4.69) is 15.7 Å². The number of nitrogens with two attached hydrogens (primary N) is 1. The number of nitrogens with one attached hydrogen (secondary N) is 2. The van der Waals surface area contributed by atoms with Gasteiger partial charge in [0.2, 0.25) is 5.96 Å². The molecule has 0 heterocycles. The largest absolute Gasteiger partial charge is 0.377 e. The van der Waals surface area contributed by atoms with Crippen LogP contribution in [0.2, 0.25) is 0 Å². The number of hydrogen-bond donors (Lipinski definition) is 3. The van der Waals surface area contributed by atoms with Gasteiger partial charge in [0, 0.05) is 6.04 Å². The molecular weight excluding hydrogens is 180 g/mol. The Morgan fingerprint density at radius 1 is 1.57 bits per heavy atom. The van der Waals surface area contributed by atoms with Crippen molar-refractivity contribution < 1.29 is 4.74 Å². The molecule has 0 bridgehead atoms. The Hall–Kier alpha value is -0.810. The summed E-state index contributed by atoms with van der Waals surface area (Å²) in [6.07, 6.45) is 2.68. The number of hydrogen-bond acceptors (Lipinski definition) is 3. The third-order valence-electron chi connectivity index (χ3n) is 1.87. The Balaban J connectivity index is 2.11. The smallest absolute Gasteiger partial charge is 0.206 e. The summed E-state index contributed by atoms with van der Waals surface area (Å²) in [5.41, 5.74) is 2.54. The van der Waals surface area contributed by atoms with Crippen LogP contribution in [0.3, 0.4) is 0 Å². The highest BCUT2D eigenvalue weighted by molar-refractivity contribution is 5.79. The first-order valence-electron chi connectivity index (χ1n) is 5.11. The summed E-state index contributed by atoms with van der Waals surface area (Å²) in [6.45, 7) is 5.29. The van der Waals surface area contributed by atoms with E-state index in [1.807, 2.05) is 13.8 Å². The van der Waals surface area contributed by atoms with E-state index in [0.29, 0.717) is 25.2 Å². The van der Waals surface area contributed by atoms with Gasteiger partial charge in [0.25, 0.3) is 0 Å². The monoisotopic (exact) mass is 200 g/mol. The second-order valence-corrected chi connectivity index (χ2v) is 3.71. The average Bonchev–Trinajstić information content (AvgIpc) is 2.93. The van der Waals surface area contributed by atoms with Gasteiger partial charge in [-0.25, -0.2) is 10.8 Å². The van der Waals surface area contributed by atoms with Gasteiger partial charge in [-0.1, -0.05) is 0 Å². The molecule has 0 aromatic rings. The molecule has 14 heavy (non-hydrogen) atoms.